The number of carbonyl (C=O) groups excluding carboxylic acids is 1. The molecule has 0 aliphatic carbocycles. The molecule has 2 aromatic rings. The third-order valence-electron chi connectivity index (χ3n) is 4.40. The SMILES string of the molecule is CCOC(=O)COc1ncccc1COc1cc(C(=N)/C(Cl)=C(/COC(C)F)NC)c(F)cc1Cl. The highest BCUT2D eigenvalue weighted by atomic mass is 35.5. The highest BCUT2D eigenvalue weighted by Crippen LogP contribution is 2.31. The molecule has 1 unspecified atom stereocenters. The molecule has 1 aromatic carbocycles. The summed E-state index contributed by atoms with van der Waals surface area (Å²) in [5.41, 5.74) is 0.101. The maximum absolute atomic E-state index is 14.6. The second-order valence-electron chi connectivity index (χ2n) is 6.88. The van der Waals surface area contributed by atoms with Crippen molar-refractivity contribution in [3.8, 4) is 11.6 Å². The van der Waals surface area contributed by atoms with Gasteiger partial charge < -0.3 is 24.3 Å². The van der Waals surface area contributed by atoms with Gasteiger partial charge in [0.15, 0.2) is 13.0 Å². The van der Waals surface area contributed by atoms with Crippen molar-refractivity contribution in [3.05, 3.63) is 63.2 Å². The van der Waals surface area contributed by atoms with Crippen LogP contribution in [0.3, 0.4) is 0 Å². The Balaban J connectivity index is 2.23. The summed E-state index contributed by atoms with van der Waals surface area (Å²) in [6.45, 7) is 2.43. The fraction of sp³-hybridized carbons (Fsp3) is 0.348. The lowest BCUT2D eigenvalue weighted by Crippen LogP contribution is -2.19. The summed E-state index contributed by atoms with van der Waals surface area (Å²) in [7, 11) is 1.51. The minimum Gasteiger partial charge on any atom is -0.487 e. The number of carbonyl (C=O) groups is 1. The molecule has 0 saturated heterocycles. The summed E-state index contributed by atoms with van der Waals surface area (Å²) in [5.74, 6) is -1.14. The molecule has 0 radical (unpaired) electrons. The maximum Gasteiger partial charge on any atom is 0.344 e. The van der Waals surface area contributed by atoms with Gasteiger partial charge in [-0.15, -0.1) is 0 Å². The first-order chi connectivity index (χ1) is 16.7. The van der Waals surface area contributed by atoms with Crippen molar-refractivity contribution >= 4 is 34.9 Å². The van der Waals surface area contributed by atoms with Crippen LogP contribution in [0, 0.1) is 11.2 Å². The summed E-state index contributed by atoms with van der Waals surface area (Å²) >= 11 is 12.4. The van der Waals surface area contributed by atoms with Crippen LogP contribution in [0.15, 0.2) is 41.2 Å². The van der Waals surface area contributed by atoms with E-state index in [4.69, 9.17) is 47.6 Å². The summed E-state index contributed by atoms with van der Waals surface area (Å²) in [6.07, 6.45) is -0.0714. The third kappa shape index (κ3) is 8.34. The number of likely N-dealkylation sites (N-methyl/N-ethyl adjacent to an activating group) is 1. The summed E-state index contributed by atoms with van der Waals surface area (Å²) in [4.78, 5) is 15.6. The van der Waals surface area contributed by atoms with Gasteiger partial charge in [0.05, 0.1) is 40.2 Å². The van der Waals surface area contributed by atoms with Gasteiger partial charge >= 0.3 is 5.97 Å². The molecule has 0 aliphatic rings. The van der Waals surface area contributed by atoms with E-state index in [0.717, 1.165) is 6.07 Å². The topological polar surface area (TPSA) is 103 Å². The van der Waals surface area contributed by atoms with E-state index in [9.17, 15) is 13.6 Å². The Labute approximate surface area is 211 Å². The zero-order valence-electron chi connectivity index (χ0n) is 19.3. The van der Waals surface area contributed by atoms with Gasteiger partial charge in [-0.2, -0.15) is 0 Å². The van der Waals surface area contributed by atoms with E-state index >= 15 is 0 Å². The lowest BCUT2D eigenvalue weighted by molar-refractivity contribution is -0.145. The fourth-order valence-corrected chi connectivity index (χ4v) is 3.15. The molecule has 190 valence electrons. The van der Waals surface area contributed by atoms with Gasteiger partial charge in [0, 0.05) is 18.8 Å². The second kappa shape index (κ2) is 13.8. The van der Waals surface area contributed by atoms with Gasteiger partial charge in [-0.05, 0) is 38.1 Å². The van der Waals surface area contributed by atoms with Crippen molar-refractivity contribution in [2.75, 3.05) is 26.9 Å². The average molecular weight is 532 g/mol. The Morgan fingerprint density at radius 1 is 1.29 bits per heavy atom. The average Bonchev–Trinajstić information content (AvgIpc) is 2.82. The van der Waals surface area contributed by atoms with Crippen molar-refractivity contribution in [1.29, 1.82) is 5.41 Å². The molecular weight excluding hydrogens is 507 g/mol. The highest BCUT2D eigenvalue weighted by molar-refractivity contribution is 6.46. The van der Waals surface area contributed by atoms with Gasteiger partial charge in [0.2, 0.25) is 5.88 Å². The van der Waals surface area contributed by atoms with Crippen LogP contribution in [0.2, 0.25) is 5.02 Å². The minimum atomic E-state index is -1.55. The van der Waals surface area contributed by atoms with E-state index in [1.54, 1.807) is 19.1 Å². The smallest absolute Gasteiger partial charge is 0.344 e. The number of ether oxygens (including phenoxy) is 4. The molecule has 0 amide bonds. The zero-order valence-corrected chi connectivity index (χ0v) is 20.8. The lowest BCUT2D eigenvalue weighted by atomic mass is 10.1. The first kappa shape index (κ1) is 28.3. The molecule has 35 heavy (non-hydrogen) atoms. The molecule has 12 heteroatoms. The van der Waals surface area contributed by atoms with Crippen LogP contribution in [0.5, 0.6) is 11.6 Å². The predicted molar refractivity (Wildman–Crippen MR) is 127 cm³/mol. The number of benzene rings is 1. The largest absolute Gasteiger partial charge is 0.487 e. The normalized spacial score (nSPS) is 12.4. The fourth-order valence-electron chi connectivity index (χ4n) is 2.69. The third-order valence-corrected chi connectivity index (χ3v) is 5.11. The summed E-state index contributed by atoms with van der Waals surface area (Å²) < 4.78 is 48.5. The van der Waals surface area contributed by atoms with Gasteiger partial charge in [-0.3, -0.25) is 5.41 Å². The van der Waals surface area contributed by atoms with E-state index in [2.05, 4.69) is 10.3 Å². The number of rotatable bonds is 13. The molecule has 2 N–H and O–H groups in total. The standard InChI is InChI=1S/C23H25Cl2F2N3O5/c1-4-32-20(31)12-35-23-14(6-5-7-30-23)10-34-19-8-15(17(27)9-16(19)24)22(28)21(25)18(29-3)11-33-13(2)26/h5-9,13,28-29H,4,10-12H2,1-3H3/b21-18+,28-22?. The van der Waals surface area contributed by atoms with E-state index in [1.165, 1.54) is 26.2 Å². The number of nitrogens with zero attached hydrogens (tertiary/aromatic N) is 1. The van der Waals surface area contributed by atoms with Crippen molar-refractivity contribution < 1.29 is 32.5 Å². The maximum atomic E-state index is 14.6. The summed E-state index contributed by atoms with van der Waals surface area (Å²) in [5, 5.41) is 10.8. The van der Waals surface area contributed by atoms with Crippen LogP contribution < -0.4 is 14.8 Å². The first-order valence-electron chi connectivity index (χ1n) is 10.4. The first-order valence-corrected chi connectivity index (χ1v) is 11.2. The van der Waals surface area contributed by atoms with Crippen LogP contribution in [0.1, 0.15) is 25.0 Å². The number of hydrogen-bond donors (Lipinski definition) is 2. The van der Waals surface area contributed by atoms with Crippen LogP contribution >= 0.6 is 23.2 Å². The quantitative estimate of drug-likeness (QED) is 0.283. The molecule has 0 spiro atoms. The number of aromatic nitrogens is 1. The van der Waals surface area contributed by atoms with Crippen molar-refractivity contribution in [3.63, 3.8) is 0 Å². The Bertz CT molecular complexity index is 1080. The Morgan fingerprint density at radius 3 is 2.69 bits per heavy atom. The van der Waals surface area contributed by atoms with Crippen LogP contribution in [0.4, 0.5) is 8.78 Å². The number of halogens is 4. The number of pyridine rings is 1. The van der Waals surface area contributed by atoms with Gasteiger partial charge in [-0.25, -0.2) is 18.6 Å². The molecule has 2 rings (SSSR count). The highest BCUT2D eigenvalue weighted by Gasteiger charge is 2.19. The van der Waals surface area contributed by atoms with Crippen molar-refractivity contribution in [1.82, 2.24) is 10.3 Å². The molecule has 0 saturated carbocycles. The second-order valence-corrected chi connectivity index (χ2v) is 7.67. The Kier molecular flexibility index (Phi) is 11.2. The molecular formula is C23H25Cl2F2N3O5. The van der Waals surface area contributed by atoms with Gasteiger partial charge in [-0.1, -0.05) is 23.2 Å². The molecule has 8 nitrogen and oxygen atoms in total. The number of allylic oxidation sites excluding steroid dienone is 1. The number of esters is 1. The van der Waals surface area contributed by atoms with E-state index in [1.807, 2.05) is 0 Å². The van der Waals surface area contributed by atoms with E-state index in [-0.39, 0.29) is 65.1 Å². The van der Waals surface area contributed by atoms with Gasteiger partial charge in [0.1, 0.15) is 18.2 Å². The minimum absolute atomic E-state index is 0.0412. The lowest BCUT2D eigenvalue weighted by Gasteiger charge is -2.15. The number of alkyl halides is 1. The van der Waals surface area contributed by atoms with E-state index < -0.39 is 18.1 Å². The monoisotopic (exact) mass is 531 g/mol. The predicted octanol–water partition coefficient (Wildman–Crippen LogP) is 4.76. The Morgan fingerprint density at radius 2 is 2.03 bits per heavy atom. The molecule has 1 aromatic heterocycles. The van der Waals surface area contributed by atoms with Gasteiger partial charge in [0.25, 0.3) is 0 Å². The molecule has 1 atom stereocenters. The number of nitrogens with one attached hydrogen (secondary N) is 2. The summed E-state index contributed by atoms with van der Waals surface area (Å²) in [6, 6.07) is 5.53. The van der Waals surface area contributed by atoms with Crippen LogP contribution in [0.25, 0.3) is 0 Å². The molecule has 1 heterocycles. The van der Waals surface area contributed by atoms with Crippen molar-refractivity contribution in [2.24, 2.45) is 0 Å². The number of hydrogen-bond acceptors (Lipinski definition) is 8. The van der Waals surface area contributed by atoms with E-state index in [0.29, 0.717) is 5.56 Å². The van der Waals surface area contributed by atoms with Crippen molar-refractivity contribution in [2.45, 2.75) is 26.8 Å². The molecule has 0 fully saturated rings. The zero-order chi connectivity index (χ0) is 26.0. The molecule has 0 aliphatic heterocycles. The van der Waals surface area contributed by atoms with Crippen LogP contribution in [-0.4, -0.2) is 49.9 Å². The Hall–Kier alpha value is -2.95. The molecule has 0 bridgehead atoms. The van der Waals surface area contributed by atoms with Crippen LogP contribution in [-0.2, 0) is 20.9 Å².